The van der Waals surface area contributed by atoms with Crippen molar-refractivity contribution in [2.24, 2.45) is 5.73 Å². The van der Waals surface area contributed by atoms with E-state index in [1.54, 1.807) is 24.3 Å². The number of ether oxygens (including phenoxy) is 1. The Balaban J connectivity index is 2.61. The van der Waals surface area contributed by atoms with Gasteiger partial charge in [0.05, 0.1) is 6.61 Å². The molecule has 0 aliphatic rings. The summed E-state index contributed by atoms with van der Waals surface area (Å²) in [6, 6.07) is 6.56. The van der Waals surface area contributed by atoms with Gasteiger partial charge in [-0.05, 0) is 24.1 Å². The summed E-state index contributed by atoms with van der Waals surface area (Å²) in [5, 5.41) is 19.0. The van der Waals surface area contributed by atoms with Crippen LogP contribution in [-0.4, -0.2) is 28.8 Å². The summed E-state index contributed by atoms with van der Waals surface area (Å²) in [4.78, 5) is 10.7. The Labute approximate surface area is 106 Å². The van der Waals surface area contributed by atoms with Gasteiger partial charge < -0.3 is 20.7 Å². The first-order valence-corrected chi connectivity index (χ1v) is 5.94. The Morgan fingerprint density at radius 1 is 1.33 bits per heavy atom. The lowest BCUT2D eigenvalue weighted by Gasteiger charge is -2.15. The van der Waals surface area contributed by atoms with Crippen molar-refractivity contribution < 1.29 is 19.7 Å². The fourth-order valence-corrected chi connectivity index (χ4v) is 1.43. The summed E-state index contributed by atoms with van der Waals surface area (Å²) in [7, 11) is 0. The maximum Gasteiger partial charge on any atom is 0.249 e. The number of nitrogens with two attached hydrogens (primary N) is 1. The van der Waals surface area contributed by atoms with Crippen molar-refractivity contribution in [3.8, 4) is 5.75 Å². The summed E-state index contributed by atoms with van der Waals surface area (Å²) >= 11 is 0. The molecule has 0 spiro atoms. The molecule has 1 aromatic carbocycles. The number of hydrogen-bond donors (Lipinski definition) is 3. The fourth-order valence-electron chi connectivity index (χ4n) is 1.43. The second-order valence-corrected chi connectivity index (χ2v) is 4.06. The summed E-state index contributed by atoms with van der Waals surface area (Å²) in [5.41, 5.74) is 5.33. The molecule has 1 amide bonds. The summed E-state index contributed by atoms with van der Waals surface area (Å²) in [5.74, 6) is -0.265. The van der Waals surface area contributed by atoms with Crippen LogP contribution in [0.15, 0.2) is 24.3 Å². The average Bonchev–Trinajstić information content (AvgIpc) is 2.38. The molecule has 2 atom stereocenters. The molecule has 2 unspecified atom stereocenters. The van der Waals surface area contributed by atoms with E-state index in [1.165, 1.54) is 0 Å². The Kier molecular flexibility index (Phi) is 5.61. The van der Waals surface area contributed by atoms with Gasteiger partial charge in [0.1, 0.15) is 11.9 Å². The first kappa shape index (κ1) is 14.5. The Bertz CT molecular complexity index is 377. The molecule has 0 saturated heterocycles. The number of hydrogen-bond acceptors (Lipinski definition) is 4. The first-order valence-electron chi connectivity index (χ1n) is 5.94. The third kappa shape index (κ3) is 4.01. The molecular weight excluding hydrogens is 234 g/mol. The van der Waals surface area contributed by atoms with Gasteiger partial charge in [-0.1, -0.05) is 25.5 Å². The van der Waals surface area contributed by atoms with E-state index in [-0.39, 0.29) is 0 Å². The van der Waals surface area contributed by atoms with Gasteiger partial charge >= 0.3 is 0 Å². The Hall–Kier alpha value is -1.59. The van der Waals surface area contributed by atoms with Crippen molar-refractivity contribution in [2.45, 2.75) is 32.0 Å². The van der Waals surface area contributed by atoms with Crippen LogP contribution in [0.1, 0.15) is 31.4 Å². The van der Waals surface area contributed by atoms with Crippen LogP contribution in [-0.2, 0) is 4.79 Å². The molecule has 0 fully saturated rings. The van der Waals surface area contributed by atoms with Crippen LogP contribution >= 0.6 is 0 Å². The van der Waals surface area contributed by atoms with Crippen molar-refractivity contribution >= 4 is 5.91 Å². The van der Waals surface area contributed by atoms with E-state index in [0.29, 0.717) is 17.9 Å². The highest BCUT2D eigenvalue weighted by Crippen LogP contribution is 2.20. The minimum atomic E-state index is -1.60. The molecule has 0 heterocycles. The number of carbonyl (C=O) groups is 1. The van der Waals surface area contributed by atoms with Gasteiger partial charge in [-0.25, -0.2) is 0 Å². The van der Waals surface area contributed by atoms with E-state index < -0.39 is 18.1 Å². The van der Waals surface area contributed by atoms with Gasteiger partial charge in [-0.3, -0.25) is 4.79 Å². The molecule has 0 aromatic heterocycles. The van der Waals surface area contributed by atoms with Crippen LogP contribution in [0.5, 0.6) is 5.75 Å². The number of unbranched alkanes of at least 4 members (excludes halogenated alkanes) is 1. The van der Waals surface area contributed by atoms with Crippen LogP contribution < -0.4 is 10.5 Å². The lowest BCUT2D eigenvalue weighted by atomic mass is 10.0. The minimum absolute atomic E-state index is 0.421. The molecule has 1 rings (SSSR count). The topological polar surface area (TPSA) is 92.8 Å². The Morgan fingerprint density at radius 3 is 2.44 bits per heavy atom. The molecule has 0 bridgehead atoms. The largest absolute Gasteiger partial charge is 0.494 e. The smallest absolute Gasteiger partial charge is 0.249 e. The van der Waals surface area contributed by atoms with Crippen molar-refractivity contribution in [1.29, 1.82) is 0 Å². The van der Waals surface area contributed by atoms with Gasteiger partial charge in [-0.2, -0.15) is 0 Å². The Morgan fingerprint density at radius 2 is 1.94 bits per heavy atom. The maximum atomic E-state index is 10.7. The van der Waals surface area contributed by atoms with E-state index in [1.807, 2.05) is 0 Å². The van der Waals surface area contributed by atoms with E-state index in [4.69, 9.17) is 10.5 Å². The lowest BCUT2D eigenvalue weighted by Crippen LogP contribution is -2.33. The van der Waals surface area contributed by atoms with E-state index in [0.717, 1.165) is 12.8 Å². The van der Waals surface area contributed by atoms with E-state index >= 15 is 0 Å². The summed E-state index contributed by atoms with van der Waals surface area (Å²) < 4.78 is 5.45. The van der Waals surface area contributed by atoms with Crippen molar-refractivity contribution in [1.82, 2.24) is 0 Å². The van der Waals surface area contributed by atoms with Gasteiger partial charge in [-0.15, -0.1) is 0 Å². The van der Waals surface area contributed by atoms with E-state index in [2.05, 4.69) is 6.92 Å². The lowest BCUT2D eigenvalue weighted by molar-refractivity contribution is -0.131. The molecule has 0 aliphatic carbocycles. The molecule has 4 N–H and O–H groups in total. The highest BCUT2D eigenvalue weighted by molar-refractivity contribution is 5.79. The zero-order chi connectivity index (χ0) is 13.5. The summed E-state index contributed by atoms with van der Waals surface area (Å²) in [6.45, 7) is 2.72. The molecule has 1 aromatic rings. The van der Waals surface area contributed by atoms with E-state index in [9.17, 15) is 15.0 Å². The SMILES string of the molecule is CCCCOc1ccc(C(O)C(O)C(N)=O)cc1. The highest BCUT2D eigenvalue weighted by atomic mass is 16.5. The highest BCUT2D eigenvalue weighted by Gasteiger charge is 2.23. The number of rotatable bonds is 7. The van der Waals surface area contributed by atoms with Crippen molar-refractivity contribution in [3.63, 3.8) is 0 Å². The number of benzene rings is 1. The molecule has 0 radical (unpaired) electrons. The fraction of sp³-hybridized carbons (Fsp3) is 0.462. The van der Waals surface area contributed by atoms with Gasteiger partial charge in [0.25, 0.3) is 0 Å². The predicted molar refractivity (Wildman–Crippen MR) is 67.0 cm³/mol. The molecular formula is C13H19NO4. The number of aliphatic hydroxyl groups is 2. The van der Waals surface area contributed by atoms with Crippen LogP contribution in [0.4, 0.5) is 0 Å². The summed E-state index contributed by atoms with van der Waals surface area (Å²) in [6.07, 6.45) is -0.879. The molecule has 5 nitrogen and oxygen atoms in total. The zero-order valence-corrected chi connectivity index (χ0v) is 10.4. The normalized spacial score (nSPS) is 13.9. The molecule has 0 aliphatic heterocycles. The third-order valence-electron chi connectivity index (χ3n) is 2.58. The average molecular weight is 253 g/mol. The second-order valence-electron chi connectivity index (χ2n) is 4.06. The van der Waals surface area contributed by atoms with Gasteiger partial charge in [0, 0.05) is 0 Å². The van der Waals surface area contributed by atoms with Crippen LogP contribution in [0.2, 0.25) is 0 Å². The van der Waals surface area contributed by atoms with Gasteiger partial charge in [0.2, 0.25) is 5.91 Å². The molecule has 18 heavy (non-hydrogen) atoms. The molecule has 5 heteroatoms. The van der Waals surface area contributed by atoms with Gasteiger partial charge in [0.15, 0.2) is 6.10 Å². The zero-order valence-electron chi connectivity index (χ0n) is 10.4. The monoisotopic (exact) mass is 253 g/mol. The van der Waals surface area contributed by atoms with Crippen LogP contribution in [0, 0.1) is 0 Å². The van der Waals surface area contributed by atoms with Crippen molar-refractivity contribution in [3.05, 3.63) is 29.8 Å². The van der Waals surface area contributed by atoms with Crippen molar-refractivity contribution in [2.75, 3.05) is 6.61 Å². The molecule has 0 saturated carbocycles. The van der Waals surface area contributed by atoms with Crippen LogP contribution in [0.25, 0.3) is 0 Å². The standard InChI is InChI=1S/C13H19NO4/c1-2-3-8-18-10-6-4-9(5-7-10)11(15)12(16)13(14)17/h4-7,11-12,15-16H,2-3,8H2,1H3,(H2,14,17). The second kappa shape index (κ2) is 6.98. The number of aliphatic hydroxyl groups excluding tert-OH is 2. The first-order chi connectivity index (χ1) is 8.56. The quantitative estimate of drug-likeness (QED) is 0.625. The number of amides is 1. The minimum Gasteiger partial charge on any atom is -0.494 e. The number of carbonyl (C=O) groups excluding carboxylic acids is 1. The third-order valence-corrected chi connectivity index (χ3v) is 2.58. The molecule has 100 valence electrons. The predicted octanol–water partition coefficient (Wildman–Crippen LogP) is 0.745. The number of primary amides is 1. The maximum absolute atomic E-state index is 10.7. The van der Waals surface area contributed by atoms with Crippen LogP contribution in [0.3, 0.4) is 0 Å².